The van der Waals surface area contributed by atoms with Gasteiger partial charge in [-0.05, 0) is 18.6 Å². The third-order valence-electron chi connectivity index (χ3n) is 2.60. The number of pyridine rings is 1. The average molecular weight is 271 g/mol. The Hall–Kier alpha value is -2.50. The molecule has 6 heteroatoms. The standard InChI is InChI=1S/C14H17N5O/c1-2-6-16-14-18-8-11(9-19-14)13(20)17-10-12-5-3-4-7-15-12/h3-5,7-9H,2,6,10H2,1H3,(H,17,20)(H,16,18,19). The quantitative estimate of drug-likeness (QED) is 0.834. The van der Waals surface area contributed by atoms with E-state index in [0.29, 0.717) is 18.1 Å². The number of rotatable bonds is 6. The van der Waals surface area contributed by atoms with E-state index in [1.54, 1.807) is 6.20 Å². The van der Waals surface area contributed by atoms with E-state index < -0.39 is 0 Å². The van der Waals surface area contributed by atoms with Crippen molar-refractivity contribution in [2.75, 3.05) is 11.9 Å². The second-order valence-corrected chi connectivity index (χ2v) is 4.23. The summed E-state index contributed by atoms with van der Waals surface area (Å²) in [5, 5.41) is 5.83. The number of nitrogens with zero attached hydrogens (tertiary/aromatic N) is 3. The lowest BCUT2D eigenvalue weighted by Gasteiger charge is -2.05. The van der Waals surface area contributed by atoms with Gasteiger partial charge in [0.05, 0.1) is 17.8 Å². The van der Waals surface area contributed by atoms with Crippen molar-refractivity contribution in [3.63, 3.8) is 0 Å². The largest absolute Gasteiger partial charge is 0.354 e. The van der Waals surface area contributed by atoms with Crippen LogP contribution in [0.2, 0.25) is 0 Å². The number of hydrogen-bond donors (Lipinski definition) is 2. The van der Waals surface area contributed by atoms with Crippen molar-refractivity contribution in [1.29, 1.82) is 0 Å². The monoisotopic (exact) mass is 271 g/mol. The summed E-state index contributed by atoms with van der Waals surface area (Å²) in [4.78, 5) is 24.2. The number of nitrogens with one attached hydrogen (secondary N) is 2. The molecule has 0 unspecified atom stereocenters. The average Bonchev–Trinajstić information content (AvgIpc) is 2.52. The van der Waals surface area contributed by atoms with Crippen molar-refractivity contribution in [2.45, 2.75) is 19.9 Å². The first-order chi connectivity index (χ1) is 9.79. The number of hydrogen-bond acceptors (Lipinski definition) is 5. The Morgan fingerprint density at radius 3 is 2.65 bits per heavy atom. The van der Waals surface area contributed by atoms with E-state index in [4.69, 9.17) is 0 Å². The molecule has 0 spiro atoms. The highest BCUT2D eigenvalue weighted by Crippen LogP contribution is 2.01. The van der Waals surface area contributed by atoms with Crippen molar-refractivity contribution in [3.8, 4) is 0 Å². The van der Waals surface area contributed by atoms with E-state index in [1.807, 2.05) is 18.2 Å². The first kappa shape index (κ1) is 13.9. The molecule has 2 rings (SSSR count). The minimum atomic E-state index is -0.210. The van der Waals surface area contributed by atoms with Gasteiger partial charge < -0.3 is 10.6 Å². The number of amides is 1. The van der Waals surface area contributed by atoms with Crippen LogP contribution in [0.4, 0.5) is 5.95 Å². The van der Waals surface area contributed by atoms with Gasteiger partial charge in [-0.2, -0.15) is 0 Å². The van der Waals surface area contributed by atoms with Crippen molar-refractivity contribution in [3.05, 3.63) is 48.0 Å². The molecule has 20 heavy (non-hydrogen) atoms. The van der Waals surface area contributed by atoms with E-state index in [0.717, 1.165) is 18.7 Å². The Kier molecular flexibility index (Phi) is 5.00. The molecule has 2 N–H and O–H groups in total. The molecular formula is C14H17N5O. The summed E-state index contributed by atoms with van der Waals surface area (Å²) in [6, 6.07) is 5.57. The number of carbonyl (C=O) groups is 1. The molecule has 0 aliphatic carbocycles. The van der Waals surface area contributed by atoms with Gasteiger partial charge in [-0.15, -0.1) is 0 Å². The van der Waals surface area contributed by atoms with Gasteiger partial charge in [0, 0.05) is 25.1 Å². The van der Waals surface area contributed by atoms with Gasteiger partial charge in [-0.25, -0.2) is 9.97 Å². The van der Waals surface area contributed by atoms with Crippen LogP contribution in [0.3, 0.4) is 0 Å². The highest BCUT2D eigenvalue weighted by molar-refractivity contribution is 5.93. The minimum absolute atomic E-state index is 0.210. The molecule has 0 aliphatic heterocycles. The molecule has 0 aromatic carbocycles. The molecule has 0 bridgehead atoms. The molecule has 0 saturated carbocycles. The van der Waals surface area contributed by atoms with Crippen molar-refractivity contribution < 1.29 is 4.79 Å². The zero-order chi connectivity index (χ0) is 14.2. The van der Waals surface area contributed by atoms with Crippen LogP contribution in [0.15, 0.2) is 36.8 Å². The van der Waals surface area contributed by atoms with Gasteiger partial charge in [-0.3, -0.25) is 9.78 Å². The maximum atomic E-state index is 11.9. The summed E-state index contributed by atoms with van der Waals surface area (Å²) in [6.07, 6.45) is 5.71. The maximum Gasteiger partial charge on any atom is 0.254 e. The first-order valence-corrected chi connectivity index (χ1v) is 6.53. The van der Waals surface area contributed by atoms with Crippen LogP contribution in [0.1, 0.15) is 29.4 Å². The summed E-state index contributed by atoms with van der Waals surface area (Å²) in [5.41, 5.74) is 1.24. The Morgan fingerprint density at radius 1 is 1.20 bits per heavy atom. The summed E-state index contributed by atoms with van der Waals surface area (Å²) in [5.74, 6) is 0.325. The zero-order valence-corrected chi connectivity index (χ0v) is 11.3. The van der Waals surface area contributed by atoms with Crippen molar-refractivity contribution >= 4 is 11.9 Å². The molecule has 2 aromatic heterocycles. The summed E-state index contributed by atoms with van der Waals surface area (Å²) < 4.78 is 0. The lowest BCUT2D eigenvalue weighted by Crippen LogP contribution is -2.23. The van der Waals surface area contributed by atoms with Crippen LogP contribution < -0.4 is 10.6 Å². The topological polar surface area (TPSA) is 79.8 Å². The molecule has 0 radical (unpaired) electrons. The van der Waals surface area contributed by atoms with Crippen LogP contribution >= 0.6 is 0 Å². The fourth-order valence-electron chi connectivity index (χ4n) is 1.55. The molecule has 0 saturated heterocycles. The van der Waals surface area contributed by atoms with Crippen molar-refractivity contribution in [1.82, 2.24) is 20.3 Å². The normalized spacial score (nSPS) is 10.1. The van der Waals surface area contributed by atoms with Gasteiger partial charge in [0.2, 0.25) is 5.95 Å². The summed E-state index contributed by atoms with van der Waals surface area (Å²) >= 11 is 0. The maximum absolute atomic E-state index is 11.9. The second-order valence-electron chi connectivity index (χ2n) is 4.23. The smallest absolute Gasteiger partial charge is 0.254 e. The Balaban J connectivity index is 1.89. The zero-order valence-electron chi connectivity index (χ0n) is 11.3. The molecule has 2 heterocycles. The fraction of sp³-hybridized carbons (Fsp3) is 0.286. The lowest BCUT2D eigenvalue weighted by atomic mass is 10.3. The van der Waals surface area contributed by atoms with Gasteiger partial charge >= 0.3 is 0 Å². The highest BCUT2D eigenvalue weighted by Gasteiger charge is 2.07. The van der Waals surface area contributed by atoms with Crippen LogP contribution in [-0.2, 0) is 6.54 Å². The van der Waals surface area contributed by atoms with E-state index in [2.05, 4.69) is 32.5 Å². The number of carbonyl (C=O) groups excluding carboxylic acids is 1. The number of anilines is 1. The SMILES string of the molecule is CCCNc1ncc(C(=O)NCc2ccccn2)cn1. The predicted octanol–water partition coefficient (Wildman–Crippen LogP) is 1.62. The molecule has 1 amide bonds. The Morgan fingerprint density at radius 2 is 2.00 bits per heavy atom. The second kappa shape index (κ2) is 7.18. The molecule has 104 valence electrons. The third-order valence-corrected chi connectivity index (χ3v) is 2.60. The van der Waals surface area contributed by atoms with Gasteiger partial charge in [0.1, 0.15) is 0 Å². The molecule has 0 atom stereocenters. The predicted molar refractivity (Wildman–Crippen MR) is 76.2 cm³/mol. The molecular weight excluding hydrogens is 254 g/mol. The third kappa shape index (κ3) is 4.01. The van der Waals surface area contributed by atoms with Crippen molar-refractivity contribution in [2.24, 2.45) is 0 Å². The van der Waals surface area contributed by atoms with Crippen LogP contribution in [-0.4, -0.2) is 27.4 Å². The molecule has 0 fully saturated rings. The van der Waals surface area contributed by atoms with Gasteiger partial charge in [0.25, 0.3) is 5.91 Å². The summed E-state index contributed by atoms with van der Waals surface area (Å²) in [7, 11) is 0. The Labute approximate surface area is 117 Å². The van der Waals surface area contributed by atoms with E-state index in [1.165, 1.54) is 12.4 Å². The Bertz CT molecular complexity index is 541. The van der Waals surface area contributed by atoms with Crippen LogP contribution in [0.5, 0.6) is 0 Å². The van der Waals surface area contributed by atoms with E-state index >= 15 is 0 Å². The van der Waals surface area contributed by atoms with Crippen LogP contribution in [0.25, 0.3) is 0 Å². The number of aromatic nitrogens is 3. The van der Waals surface area contributed by atoms with Gasteiger partial charge in [0.15, 0.2) is 0 Å². The van der Waals surface area contributed by atoms with E-state index in [9.17, 15) is 4.79 Å². The lowest BCUT2D eigenvalue weighted by molar-refractivity contribution is 0.0949. The van der Waals surface area contributed by atoms with Crippen LogP contribution in [0, 0.1) is 0 Å². The minimum Gasteiger partial charge on any atom is -0.354 e. The highest BCUT2D eigenvalue weighted by atomic mass is 16.1. The van der Waals surface area contributed by atoms with E-state index in [-0.39, 0.29) is 5.91 Å². The molecule has 6 nitrogen and oxygen atoms in total. The fourth-order valence-corrected chi connectivity index (χ4v) is 1.55. The first-order valence-electron chi connectivity index (χ1n) is 6.53. The summed E-state index contributed by atoms with van der Waals surface area (Å²) in [6.45, 7) is 3.26. The van der Waals surface area contributed by atoms with Gasteiger partial charge in [-0.1, -0.05) is 13.0 Å². The molecule has 0 aliphatic rings. The molecule has 2 aromatic rings.